The lowest BCUT2D eigenvalue weighted by Crippen LogP contribution is -2.00. The predicted molar refractivity (Wildman–Crippen MR) is 99.7 cm³/mol. The third-order valence-electron chi connectivity index (χ3n) is 4.32. The van der Waals surface area contributed by atoms with Crippen LogP contribution in [0, 0.1) is 10.1 Å². The number of rotatable bonds is 15. The highest BCUT2D eigenvalue weighted by molar-refractivity contribution is 5.45. The Morgan fingerprint density at radius 3 is 1.88 bits per heavy atom. The minimum atomic E-state index is -0.391. The number of hydrogen-bond donors (Lipinski definition) is 0. The number of para-hydroxylation sites is 2. The molecular formula is C20H33NO3. The molecule has 0 bridgehead atoms. The first kappa shape index (κ1) is 20.5. The second-order valence-electron chi connectivity index (χ2n) is 6.46. The summed E-state index contributed by atoms with van der Waals surface area (Å²) in [6.45, 7) is 2.81. The van der Waals surface area contributed by atoms with Gasteiger partial charge in [-0.15, -0.1) is 0 Å². The monoisotopic (exact) mass is 335 g/mol. The SMILES string of the molecule is CCCCCCCCCCCCCCOc1ccccc1[N+](=O)[O-]. The van der Waals surface area contributed by atoms with Crippen molar-refractivity contribution in [1.82, 2.24) is 0 Å². The molecule has 136 valence electrons. The van der Waals surface area contributed by atoms with E-state index in [0.717, 1.165) is 12.8 Å². The van der Waals surface area contributed by atoms with Crippen LogP contribution in [-0.2, 0) is 0 Å². The van der Waals surface area contributed by atoms with Crippen molar-refractivity contribution in [3.8, 4) is 5.75 Å². The Kier molecular flexibility index (Phi) is 11.8. The quantitative estimate of drug-likeness (QED) is 0.204. The van der Waals surface area contributed by atoms with Gasteiger partial charge in [0.15, 0.2) is 5.75 Å². The van der Waals surface area contributed by atoms with E-state index in [0.29, 0.717) is 12.4 Å². The Hall–Kier alpha value is -1.58. The van der Waals surface area contributed by atoms with Crippen LogP contribution in [0.5, 0.6) is 5.75 Å². The third kappa shape index (κ3) is 9.53. The highest BCUT2D eigenvalue weighted by Crippen LogP contribution is 2.26. The van der Waals surface area contributed by atoms with Gasteiger partial charge in [0.25, 0.3) is 0 Å². The number of ether oxygens (including phenoxy) is 1. The van der Waals surface area contributed by atoms with Gasteiger partial charge in [0.05, 0.1) is 11.5 Å². The standard InChI is InChI=1S/C20H33NO3/c1-2-3-4-5-6-7-8-9-10-11-12-15-18-24-20-17-14-13-16-19(20)21(22)23/h13-14,16-17H,2-12,15,18H2,1H3. The molecule has 1 aromatic carbocycles. The maximum absolute atomic E-state index is 10.9. The van der Waals surface area contributed by atoms with E-state index in [4.69, 9.17) is 4.74 Å². The molecule has 0 spiro atoms. The first-order chi connectivity index (χ1) is 11.8. The fraction of sp³-hybridized carbons (Fsp3) is 0.700. The molecule has 0 heterocycles. The zero-order valence-corrected chi connectivity index (χ0v) is 15.2. The number of hydrogen-bond acceptors (Lipinski definition) is 3. The fourth-order valence-corrected chi connectivity index (χ4v) is 2.86. The maximum atomic E-state index is 10.9. The van der Waals surface area contributed by atoms with Crippen molar-refractivity contribution in [2.75, 3.05) is 6.61 Å². The largest absolute Gasteiger partial charge is 0.487 e. The van der Waals surface area contributed by atoms with Gasteiger partial charge < -0.3 is 4.74 Å². The molecule has 1 rings (SSSR count). The summed E-state index contributed by atoms with van der Waals surface area (Å²) < 4.78 is 5.55. The number of nitrogens with zero attached hydrogens (tertiary/aromatic N) is 1. The van der Waals surface area contributed by atoms with Crippen molar-refractivity contribution in [3.05, 3.63) is 34.4 Å². The van der Waals surface area contributed by atoms with Crippen LogP contribution in [0.1, 0.15) is 84.0 Å². The molecule has 0 amide bonds. The zero-order valence-electron chi connectivity index (χ0n) is 15.2. The first-order valence-electron chi connectivity index (χ1n) is 9.62. The number of nitro benzene ring substituents is 1. The third-order valence-corrected chi connectivity index (χ3v) is 4.32. The Labute approximate surface area is 146 Å². The van der Waals surface area contributed by atoms with Gasteiger partial charge in [-0.1, -0.05) is 89.7 Å². The summed E-state index contributed by atoms with van der Waals surface area (Å²) in [6.07, 6.45) is 15.6. The molecule has 0 N–H and O–H groups in total. The van der Waals surface area contributed by atoms with Gasteiger partial charge >= 0.3 is 5.69 Å². The predicted octanol–water partition coefficient (Wildman–Crippen LogP) is 6.67. The summed E-state index contributed by atoms with van der Waals surface area (Å²) in [5.74, 6) is 0.380. The molecule has 0 saturated carbocycles. The maximum Gasteiger partial charge on any atom is 0.310 e. The van der Waals surface area contributed by atoms with Crippen LogP contribution in [0.15, 0.2) is 24.3 Å². The van der Waals surface area contributed by atoms with Crippen molar-refractivity contribution in [2.45, 2.75) is 84.0 Å². The first-order valence-corrected chi connectivity index (χ1v) is 9.62. The average Bonchev–Trinajstić information content (AvgIpc) is 2.59. The summed E-state index contributed by atoms with van der Waals surface area (Å²) in [6, 6.07) is 6.58. The Bertz CT molecular complexity index is 448. The van der Waals surface area contributed by atoms with Crippen molar-refractivity contribution >= 4 is 5.69 Å². The summed E-state index contributed by atoms with van der Waals surface area (Å²) in [5.41, 5.74) is 0.0523. The molecule has 24 heavy (non-hydrogen) atoms. The van der Waals surface area contributed by atoms with E-state index in [1.54, 1.807) is 18.2 Å². The second kappa shape index (κ2) is 13.8. The highest BCUT2D eigenvalue weighted by atomic mass is 16.6. The van der Waals surface area contributed by atoms with Crippen molar-refractivity contribution in [1.29, 1.82) is 0 Å². The Morgan fingerprint density at radius 1 is 0.833 bits per heavy atom. The molecule has 0 saturated heterocycles. The molecule has 0 aliphatic carbocycles. The molecule has 0 fully saturated rings. The Morgan fingerprint density at radius 2 is 1.33 bits per heavy atom. The molecule has 4 heteroatoms. The number of unbranched alkanes of at least 4 members (excludes halogenated alkanes) is 11. The van der Waals surface area contributed by atoms with Gasteiger partial charge in [0.1, 0.15) is 0 Å². The molecule has 0 aliphatic rings. The van der Waals surface area contributed by atoms with E-state index < -0.39 is 4.92 Å². The van der Waals surface area contributed by atoms with Crippen LogP contribution in [0.2, 0.25) is 0 Å². The summed E-state index contributed by atoms with van der Waals surface area (Å²) in [7, 11) is 0. The van der Waals surface area contributed by atoms with E-state index in [1.165, 1.54) is 70.3 Å². The summed E-state index contributed by atoms with van der Waals surface area (Å²) >= 11 is 0. The molecule has 0 radical (unpaired) electrons. The molecule has 4 nitrogen and oxygen atoms in total. The van der Waals surface area contributed by atoms with E-state index in [1.807, 2.05) is 0 Å². The van der Waals surface area contributed by atoms with Crippen LogP contribution >= 0.6 is 0 Å². The van der Waals surface area contributed by atoms with Gasteiger partial charge in [0, 0.05) is 6.07 Å². The van der Waals surface area contributed by atoms with E-state index in [9.17, 15) is 10.1 Å². The second-order valence-corrected chi connectivity index (χ2v) is 6.46. The van der Waals surface area contributed by atoms with E-state index in [2.05, 4.69) is 6.92 Å². The lowest BCUT2D eigenvalue weighted by molar-refractivity contribution is -0.385. The average molecular weight is 335 g/mol. The topological polar surface area (TPSA) is 52.4 Å². The van der Waals surface area contributed by atoms with E-state index >= 15 is 0 Å². The highest BCUT2D eigenvalue weighted by Gasteiger charge is 2.12. The van der Waals surface area contributed by atoms with Crippen molar-refractivity contribution in [2.24, 2.45) is 0 Å². The lowest BCUT2D eigenvalue weighted by atomic mass is 10.1. The minimum absolute atomic E-state index is 0.0523. The van der Waals surface area contributed by atoms with Crippen LogP contribution in [0.4, 0.5) is 5.69 Å². The molecule has 0 aliphatic heterocycles. The van der Waals surface area contributed by atoms with Crippen molar-refractivity contribution < 1.29 is 9.66 Å². The fourth-order valence-electron chi connectivity index (χ4n) is 2.86. The number of nitro groups is 1. The summed E-state index contributed by atoms with van der Waals surface area (Å²) in [4.78, 5) is 10.5. The van der Waals surface area contributed by atoms with Crippen LogP contribution in [0.3, 0.4) is 0 Å². The molecule has 0 atom stereocenters. The van der Waals surface area contributed by atoms with Gasteiger partial charge in [-0.25, -0.2) is 0 Å². The molecule has 0 unspecified atom stereocenters. The molecule has 1 aromatic rings. The Balaban J connectivity index is 1.93. The molecular weight excluding hydrogens is 302 g/mol. The normalized spacial score (nSPS) is 10.7. The smallest absolute Gasteiger partial charge is 0.310 e. The molecule has 0 aromatic heterocycles. The van der Waals surface area contributed by atoms with Gasteiger partial charge in [-0.05, 0) is 12.5 Å². The van der Waals surface area contributed by atoms with Crippen LogP contribution in [-0.4, -0.2) is 11.5 Å². The zero-order chi connectivity index (χ0) is 17.5. The van der Waals surface area contributed by atoms with Gasteiger partial charge in [0.2, 0.25) is 0 Å². The van der Waals surface area contributed by atoms with E-state index in [-0.39, 0.29) is 5.69 Å². The summed E-state index contributed by atoms with van der Waals surface area (Å²) in [5, 5.41) is 10.9. The van der Waals surface area contributed by atoms with Gasteiger partial charge in [-0.2, -0.15) is 0 Å². The van der Waals surface area contributed by atoms with Crippen LogP contribution < -0.4 is 4.74 Å². The number of benzene rings is 1. The van der Waals surface area contributed by atoms with Crippen molar-refractivity contribution in [3.63, 3.8) is 0 Å². The minimum Gasteiger partial charge on any atom is -0.487 e. The lowest BCUT2D eigenvalue weighted by Gasteiger charge is -2.06. The van der Waals surface area contributed by atoms with Gasteiger partial charge in [-0.3, -0.25) is 10.1 Å². The van der Waals surface area contributed by atoms with Crippen LogP contribution in [0.25, 0.3) is 0 Å².